The molecule has 0 aliphatic rings. The van der Waals surface area contributed by atoms with Gasteiger partial charge < -0.3 is 14.4 Å². The van der Waals surface area contributed by atoms with Crippen molar-refractivity contribution in [2.45, 2.75) is 53.4 Å². The number of anilines is 3. The number of esters is 2. The van der Waals surface area contributed by atoms with Crippen LogP contribution in [0.5, 0.6) is 11.5 Å². The van der Waals surface area contributed by atoms with Crippen molar-refractivity contribution in [1.29, 1.82) is 0 Å². The van der Waals surface area contributed by atoms with Gasteiger partial charge in [-0.3, -0.25) is 0 Å². The molecule has 0 radical (unpaired) electrons. The van der Waals surface area contributed by atoms with Crippen LogP contribution in [0.1, 0.15) is 70.2 Å². The summed E-state index contributed by atoms with van der Waals surface area (Å²) in [5.74, 6) is 0.0519. The van der Waals surface area contributed by atoms with Crippen LogP contribution in [0.2, 0.25) is 0 Å². The van der Waals surface area contributed by atoms with Crippen LogP contribution in [-0.2, 0) is 9.59 Å². The van der Waals surface area contributed by atoms with Gasteiger partial charge in [-0.15, -0.1) is 0 Å². The van der Waals surface area contributed by atoms with Gasteiger partial charge in [0.25, 0.3) is 0 Å². The monoisotopic (exact) mass is 725 g/mol. The summed E-state index contributed by atoms with van der Waals surface area (Å²) < 4.78 is 10.7. The van der Waals surface area contributed by atoms with E-state index < -0.39 is 11.9 Å². The molecule has 6 aromatic carbocycles. The molecule has 55 heavy (non-hydrogen) atoms. The Morgan fingerprint density at radius 2 is 0.873 bits per heavy atom. The quantitative estimate of drug-likeness (QED) is 0.0714. The zero-order valence-corrected chi connectivity index (χ0v) is 32.4. The van der Waals surface area contributed by atoms with Crippen LogP contribution in [0, 0.1) is 27.7 Å². The van der Waals surface area contributed by atoms with E-state index in [1.807, 2.05) is 48.5 Å². The van der Waals surface area contributed by atoms with Crippen molar-refractivity contribution in [3.8, 4) is 22.6 Å². The lowest BCUT2D eigenvalue weighted by molar-refractivity contribution is -0.129. The number of benzene rings is 6. The van der Waals surface area contributed by atoms with Crippen molar-refractivity contribution in [2.24, 2.45) is 0 Å². The van der Waals surface area contributed by atoms with E-state index >= 15 is 0 Å². The number of hydrogen-bond donors (Lipinski definition) is 0. The third-order valence-corrected chi connectivity index (χ3v) is 10.5. The van der Waals surface area contributed by atoms with E-state index in [0.717, 1.165) is 62.6 Å². The molecular formula is C50H47NO4. The van der Waals surface area contributed by atoms with Gasteiger partial charge >= 0.3 is 11.9 Å². The van der Waals surface area contributed by atoms with Gasteiger partial charge in [0.2, 0.25) is 0 Å². The van der Waals surface area contributed by atoms with Gasteiger partial charge in [0.05, 0.1) is 0 Å². The first-order valence-electron chi connectivity index (χ1n) is 18.5. The average Bonchev–Trinajstić information content (AvgIpc) is 3.20. The van der Waals surface area contributed by atoms with Gasteiger partial charge in [-0.05, 0) is 144 Å². The normalized spacial score (nSPS) is 12.0. The molecule has 0 saturated heterocycles. The Balaban J connectivity index is 1.40. The van der Waals surface area contributed by atoms with E-state index in [-0.39, 0.29) is 11.8 Å². The first-order valence-corrected chi connectivity index (χ1v) is 18.5. The van der Waals surface area contributed by atoms with Crippen LogP contribution in [-0.4, -0.2) is 11.9 Å². The molecule has 5 heteroatoms. The second kappa shape index (κ2) is 16.7. The topological polar surface area (TPSA) is 55.8 Å². The van der Waals surface area contributed by atoms with E-state index in [2.05, 4.69) is 138 Å². The van der Waals surface area contributed by atoms with Gasteiger partial charge in [0.15, 0.2) is 0 Å². The van der Waals surface area contributed by atoms with Crippen molar-refractivity contribution in [3.63, 3.8) is 0 Å². The Kier molecular flexibility index (Phi) is 11.6. The standard InChI is InChI=1S/C50H47NO4/c1-9-49(52)54-47-23-15-38(16-24-47)36(7)41-29-42(37(8)39-17-25-48(26-18-39)55-50(53)10-2)31-43(30-41)40-13-21-44(22-14-40)51(45-19-11-32(3)34(5)27-45)46-20-12-33(4)35(6)28-46/h9-31,36-37H,1-2H2,3-8H3. The van der Waals surface area contributed by atoms with Crippen LogP contribution >= 0.6 is 0 Å². The summed E-state index contributed by atoms with van der Waals surface area (Å²) in [4.78, 5) is 25.9. The second-order valence-corrected chi connectivity index (χ2v) is 14.1. The van der Waals surface area contributed by atoms with Crippen molar-refractivity contribution in [2.75, 3.05) is 4.90 Å². The SMILES string of the molecule is C=CC(=O)Oc1ccc(C(C)c2cc(-c3ccc(N(c4ccc(C)c(C)c4)c4ccc(C)c(C)c4)cc3)cc(C(C)c3ccc(OC(=O)C=C)cc3)c2)cc1. The number of carbonyl (C=O) groups excluding carboxylic acids is 2. The zero-order valence-electron chi connectivity index (χ0n) is 32.4. The van der Waals surface area contributed by atoms with Gasteiger partial charge in [0.1, 0.15) is 11.5 Å². The number of aryl methyl sites for hydroxylation is 4. The molecule has 0 aliphatic carbocycles. The first kappa shape index (κ1) is 38.3. The molecule has 0 spiro atoms. The lowest BCUT2D eigenvalue weighted by Crippen LogP contribution is -2.10. The fourth-order valence-electron chi connectivity index (χ4n) is 6.67. The summed E-state index contributed by atoms with van der Waals surface area (Å²) in [5.41, 5.74) is 15.0. The summed E-state index contributed by atoms with van der Waals surface area (Å²) in [6.45, 7) is 20.0. The maximum atomic E-state index is 11.8. The number of nitrogens with zero attached hydrogens (tertiary/aromatic N) is 1. The molecule has 0 fully saturated rings. The fourth-order valence-corrected chi connectivity index (χ4v) is 6.67. The summed E-state index contributed by atoms with van der Waals surface area (Å²) in [7, 11) is 0. The lowest BCUT2D eigenvalue weighted by Gasteiger charge is -2.27. The van der Waals surface area contributed by atoms with Crippen LogP contribution in [0.15, 0.2) is 153 Å². The average molecular weight is 726 g/mol. The van der Waals surface area contributed by atoms with E-state index in [4.69, 9.17) is 9.47 Å². The molecule has 0 heterocycles. The highest BCUT2D eigenvalue weighted by atomic mass is 16.5. The molecule has 0 amide bonds. The maximum absolute atomic E-state index is 11.8. The minimum Gasteiger partial charge on any atom is -0.423 e. The Morgan fingerprint density at radius 3 is 1.25 bits per heavy atom. The zero-order chi connectivity index (χ0) is 39.2. The van der Waals surface area contributed by atoms with Crippen LogP contribution < -0.4 is 14.4 Å². The molecule has 6 rings (SSSR count). The smallest absolute Gasteiger partial charge is 0.335 e. The molecule has 2 unspecified atom stereocenters. The Hall–Kier alpha value is -6.46. The number of hydrogen-bond acceptors (Lipinski definition) is 5. The number of rotatable bonds is 12. The van der Waals surface area contributed by atoms with Gasteiger partial charge in [0, 0.05) is 41.1 Å². The van der Waals surface area contributed by atoms with Crippen LogP contribution in [0.3, 0.4) is 0 Å². The first-order chi connectivity index (χ1) is 26.4. The van der Waals surface area contributed by atoms with Gasteiger partial charge in [-0.1, -0.05) is 93.7 Å². The molecule has 276 valence electrons. The third-order valence-electron chi connectivity index (χ3n) is 10.5. The fraction of sp³-hybridized carbons (Fsp3) is 0.160. The molecule has 2 atom stereocenters. The lowest BCUT2D eigenvalue weighted by atomic mass is 9.85. The highest BCUT2D eigenvalue weighted by molar-refractivity contribution is 5.84. The largest absolute Gasteiger partial charge is 0.423 e. The second-order valence-electron chi connectivity index (χ2n) is 14.1. The predicted octanol–water partition coefficient (Wildman–Crippen LogP) is 12.5. The van der Waals surface area contributed by atoms with Gasteiger partial charge in [-0.25, -0.2) is 9.59 Å². The summed E-state index contributed by atoms with van der Waals surface area (Å²) >= 11 is 0. The number of ether oxygens (including phenoxy) is 2. The molecule has 0 bridgehead atoms. The summed E-state index contributed by atoms with van der Waals surface area (Å²) in [5, 5.41) is 0. The highest BCUT2D eigenvalue weighted by Gasteiger charge is 2.18. The Bertz CT molecular complexity index is 2210. The summed E-state index contributed by atoms with van der Waals surface area (Å²) in [6.07, 6.45) is 2.31. The van der Waals surface area contributed by atoms with E-state index in [0.29, 0.717) is 11.5 Å². The van der Waals surface area contributed by atoms with E-state index in [9.17, 15) is 9.59 Å². The van der Waals surface area contributed by atoms with E-state index in [1.165, 1.54) is 22.3 Å². The Labute approximate surface area is 325 Å². The van der Waals surface area contributed by atoms with Crippen molar-refractivity contribution >= 4 is 29.0 Å². The Morgan fingerprint density at radius 1 is 0.473 bits per heavy atom. The molecular weight excluding hydrogens is 679 g/mol. The maximum Gasteiger partial charge on any atom is 0.335 e. The molecule has 0 saturated carbocycles. The van der Waals surface area contributed by atoms with Crippen molar-refractivity contribution in [3.05, 3.63) is 197 Å². The minimum absolute atomic E-state index is 0.0417. The van der Waals surface area contributed by atoms with Crippen LogP contribution in [0.4, 0.5) is 17.1 Å². The summed E-state index contributed by atoms with van der Waals surface area (Å²) in [6, 6.07) is 44.1. The minimum atomic E-state index is -0.490. The highest BCUT2D eigenvalue weighted by Crippen LogP contribution is 2.39. The molecule has 0 N–H and O–H groups in total. The van der Waals surface area contributed by atoms with Gasteiger partial charge in [-0.2, -0.15) is 0 Å². The molecule has 0 aliphatic heterocycles. The van der Waals surface area contributed by atoms with E-state index in [1.54, 1.807) is 0 Å². The molecule has 0 aromatic heterocycles. The molecule has 6 aromatic rings. The molecule has 5 nitrogen and oxygen atoms in total. The predicted molar refractivity (Wildman–Crippen MR) is 225 cm³/mol. The number of carbonyl (C=O) groups is 2. The van der Waals surface area contributed by atoms with Crippen molar-refractivity contribution in [1.82, 2.24) is 0 Å². The van der Waals surface area contributed by atoms with Crippen molar-refractivity contribution < 1.29 is 19.1 Å². The van der Waals surface area contributed by atoms with Crippen LogP contribution in [0.25, 0.3) is 11.1 Å². The third kappa shape index (κ3) is 8.85.